The number of hydrogen-bond donors (Lipinski definition) is 2. The van der Waals surface area contributed by atoms with Crippen LogP contribution in [0.4, 0.5) is 0 Å². The van der Waals surface area contributed by atoms with Crippen LogP contribution in [0.3, 0.4) is 0 Å². The lowest BCUT2D eigenvalue weighted by molar-refractivity contribution is 0.131. The Balaban J connectivity index is 0.00000243. The van der Waals surface area contributed by atoms with E-state index in [9.17, 15) is 0 Å². The third-order valence-corrected chi connectivity index (χ3v) is 5.17. The summed E-state index contributed by atoms with van der Waals surface area (Å²) < 4.78 is 1.98. The Morgan fingerprint density at radius 1 is 1.19 bits per heavy atom. The minimum Gasteiger partial charge on any atom is -0.357 e. The van der Waals surface area contributed by atoms with E-state index in [2.05, 4.69) is 34.7 Å². The van der Waals surface area contributed by atoms with E-state index in [4.69, 9.17) is 4.99 Å². The van der Waals surface area contributed by atoms with E-state index in [0.29, 0.717) is 12.0 Å². The maximum atomic E-state index is 4.71. The minimum absolute atomic E-state index is 0. The van der Waals surface area contributed by atoms with Gasteiger partial charge in [-0.1, -0.05) is 31.5 Å². The van der Waals surface area contributed by atoms with Gasteiger partial charge in [0.2, 0.25) is 0 Å². The lowest BCUT2D eigenvalue weighted by Crippen LogP contribution is -2.46. The molecule has 6 nitrogen and oxygen atoms in total. The minimum atomic E-state index is 0. The van der Waals surface area contributed by atoms with Crippen LogP contribution in [-0.2, 0) is 6.54 Å². The molecule has 0 amide bonds. The molecule has 1 aromatic carbocycles. The standard InChI is InChI=1S/C19H28N6.HI/c1-3-19(11-8-12-19)14-22-18(20-4-2)21-13-17-24-23-15-25(17)16-9-6-5-7-10-16;/h5-7,9-10,15H,3-4,8,11-14H2,1-2H3,(H2,20,21,22);1H. The Hall–Kier alpha value is -1.64. The summed E-state index contributed by atoms with van der Waals surface area (Å²) in [6.45, 7) is 6.69. The molecule has 2 N–H and O–H groups in total. The fraction of sp³-hybridized carbons (Fsp3) is 0.526. The molecule has 0 unspecified atom stereocenters. The summed E-state index contributed by atoms with van der Waals surface area (Å²) in [5.41, 5.74) is 1.51. The Kier molecular flexibility index (Phi) is 7.86. The first-order chi connectivity index (χ1) is 12.3. The van der Waals surface area contributed by atoms with Gasteiger partial charge in [0.1, 0.15) is 12.9 Å². The molecule has 1 saturated carbocycles. The number of aliphatic imine (C=N–C) groups is 1. The van der Waals surface area contributed by atoms with Gasteiger partial charge in [0.05, 0.1) is 0 Å². The van der Waals surface area contributed by atoms with Gasteiger partial charge in [0.25, 0.3) is 0 Å². The van der Waals surface area contributed by atoms with Crippen LogP contribution < -0.4 is 10.6 Å². The van der Waals surface area contributed by atoms with Crippen LogP contribution in [0.5, 0.6) is 0 Å². The van der Waals surface area contributed by atoms with E-state index < -0.39 is 0 Å². The Labute approximate surface area is 172 Å². The van der Waals surface area contributed by atoms with Crippen LogP contribution in [-0.4, -0.2) is 33.8 Å². The highest BCUT2D eigenvalue weighted by molar-refractivity contribution is 14.0. The van der Waals surface area contributed by atoms with Gasteiger partial charge in [-0.05, 0) is 43.7 Å². The molecule has 0 atom stereocenters. The van der Waals surface area contributed by atoms with E-state index in [1.54, 1.807) is 6.33 Å². The molecule has 0 radical (unpaired) electrons. The fourth-order valence-electron chi connectivity index (χ4n) is 3.27. The molecule has 142 valence electrons. The van der Waals surface area contributed by atoms with Crippen LogP contribution in [0.25, 0.3) is 5.69 Å². The van der Waals surface area contributed by atoms with E-state index >= 15 is 0 Å². The zero-order valence-corrected chi connectivity index (χ0v) is 17.9. The van der Waals surface area contributed by atoms with Crippen molar-refractivity contribution < 1.29 is 0 Å². The van der Waals surface area contributed by atoms with Gasteiger partial charge in [-0.25, -0.2) is 4.99 Å². The van der Waals surface area contributed by atoms with Gasteiger partial charge >= 0.3 is 0 Å². The molecule has 1 heterocycles. The molecule has 0 spiro atoms. The number of halogens is 1. The smallest absolute Gasteiger partial charge is 0.191 e. The molecule has 1 fully saturated rings. The Morgan fingerprint density at radius 3 is 2.58 bits per heavy atom. The lowest BCUT2D eigenvalue weighted by Gasteiger charge is -2.41. The zero-order valence-electron chi connectivity index (χ0n) is 15.6. The Bertz CT molecular complexity index is 688. The summed E-state index contributed by atoms with van der Waals surface area (Å²) in [4.78, 5) is 4.71. The SMILES string of the molecule is CCNC(=NCc1nncn1-c1ccccc1)NCC1(CC)CCC1.I. The highest BCUT2D eigenvalue weighted by atomic mass is 127. The normalized spacial score (nSPS) is 15.7. The number of nitrogens with zero attached hydrogens (tertiary/aromatic N) is 4. The highest BCUT2D eigenvalue weighted by Crippen LogP contribution is 2.42. The van der Waals surface area contributed by atoms with Crippen LogP contribution >= 0.6 is 24.0 Å². The zero-order chi connectivity index (χ0) is 17.5. The molecule has 1 aliphatic rings. The number of para-hydroxylation sites is 1. The van der Waals surface area contributed by atoms with Gasteiger partial charge in [-0.2, -0.15) is 0 Å². The van der Waals surface area contributed by atoms with E-state index in [1.807, 2.05) is 34.9 Å². The molecule has 7 heteroatoms. The van der Waals surface area contributed by atoms with Gasteiger partial charge in [0.15, 0.2) is 11.8 Å². The summed E-state index contributed by atoms with van der Waals surface area (Å²) in [6.07, 6.45) is 6.95. The number of guanidine groups is 1. The van der Waals surface area contributed by atoms with E-state index in [-0.39, 0.29) is 24.0 Å². The average molecular weight is 468 g/mol. The molecule has 0 saturated heterocycles. The van der Waals surface area contributed by atoms with Crippen LogP contribution in [0.1, 0.15) is 45.4 Å². The van der Waals surface area contributed by atoms with Gasteiger partial charge < -0.3 is 10.6 Å². The summed E-state index contributed by atoms with van der Waals surface area (Å²) in [5.74, 6) is 1.68. The molecule has 1 aliphatic carbocycles. The van der Waals surface area contributed by atoms with Crippen molar-refractivity contribution in [1.82, 2.24) is 25.4 Å². The predicted octanol–water partition coefficient (Wildman–Crippen LogP) is 3.52. The number of hydrogen-bond acceptors (Lipinski definition) is 3. The molecular formula is C19H29IN6. The van der Waals surface area contributed by atoms with Crippen molar-refractivity contribution >= 4 is 29.9 Å². The number of rotatable bonds is 7. The van der Waals surface area contributed by atoms with Gasteiger partial charge in [-0.15, -0.1) is 34.2 Å². The maximum absolute atomic E-state index is 4.71. The summed E-state index contributed by atoms with van der Waals surface area (Å²) in [5, 5.41) is 15.1. The molecule has 26 heavy (non-hydrogen) atoms. The molecule has 0 bridgehead atoms. The molecule has 0 aliphatic heterocycles. The van der Waals surface area contributed by atoms with Crippen molar-refractivity contribution in [2.75, 3.05) is 13.1 Å². The van der Waals surface area contributed by atoms with Crippen molar-refractivity contribution in [3.63, 3.8) is 0 Å². The van der Waals surface area contributed by atoms with Crippen molar-refractivity contribution in [2.24, 2.45) is 10.4 Å². The monoisotopic (exact) mass is 468 g/mol. The van der Waals surface area contributed by atoms with Crippen molar-refractivity contribution in [2.45, 2.75) is 46.1 Å². The molecular weight excluding hydrogens is 439 g/mol. The van der Waals surface area contributed by atoms with Crippen molar-refractivity contribution in [3.05, 3.63) is 42.5 Å². The molecule has 2 aromatic rings. The summed E-state index contributed by atoms with van der Waals surface area (Å²) in [6, 6.07) is 10.1. The topological polar surface area (TPSA) is 67.1 Å². The van der Waals surface area contributed by atoms with Crippen molar-refractivity contribution in [3.8, 4) is 5.69 Å². The second-order valence-electron chi connectivity index (χ2n) is 6.71. The van der Waals surface area contributed by atoms with Gasteiger partial charge in [-0.3, -0.25) is 4.57 Å². The van der Waals surface area contributed by atoms with Crippen LogP contribution in [0, 0.1) is 5.41 Å². The third-order valence-electron chi connectivity index (χ3n) is 5.17. The predicted molar refractivity (Wildman–Crippen MR) is 116 cm³/mol. The second-order valence-corrected chi connectivity index (χ2v) is 6.71. The maximum Gasteiger partial charge on any atom is 0.191 e. The number of benzene rings is 1. The van der Waals surface area contributed by atoms with Crippen LogP contribution in [0.15, 0.2) is 41.7 Å². The average Bonchev–Trinajstić information content (AvgIpc) is 3.08. The van der Waals surface area contributed by atoms with E-state index in [1.165, 1.54) is 25.7 Å². The highest BCUT2D eigenvalue weighted by Gasteiger charge is 2.34. The van der Waals surface area contributed by atoms with Gasteiger partial charge in [0, 0.05) is 18.8 Å². The second kappa shape index (κ2) is 9.89. The number of nitrogens with one attached hydrogen (secondary N) is 2. The molecule has 1 aromatic heterocycles. The first-order valence-corrected chi connectivity index (χ1v) is 9.23. The first kappa shape index (κ1) is 20.7. The van der Waals surface area contributed by atoms with E-state index in [0.717, 1.165) is 30.6 Å². The Morgan fingerprint density at radius 2 is 1.96 bits per heavy atom. The third kappa shape index (κ3) is 4.96. The van der Waals surface area contributed by atoms with Crippen LogP contribution in [0.2, 0.25) is 0 Å². The van der Waals surface area contributed by atoms with Crippen molar-refractivity contribution in [1.29, 1.82) is 0 Å². The summed E-state index contributed by atoms with van der Waals surface area (Å²) >= 11 is 0. The molecule has 3 rings (SSSR count). The first-order valence-electron chi connectivity index (χ1n) is 9.23. The number of aromatic nitrogens is 3. The largest absolute Gasteiger partial charge is 0.357 e. The summed E-state index contributed by atoms with van der Waals surface area (Å²) in [7, 11) is 0. The quantitative estimate of drug-likeness (QED) is 0.371. The fourth-order valence-corrected chi connectivity index (χ4v) is 3.27. The lowest BCUT2D eigenvalue weighted by atomic mass is 9.67.